The van der Waals surface area contributed by atoms with E-state index in [-0.39, 0.29) is 16.4 Å². The Hall–Kier alpha value is -3.14. The van der Waals surface area contributed by atoms with Gasteiger partial charge in [-0.2, -0.15) is 5.10 Å². The number of carboxylic acid groups (broad SMARTS) is 1. The maximum absolute atomic E-state index is 12.2. The van der Waals surface area contributed by atoms with Gasteiger partial charge in [0.25, 0.3) is 10.0 Å². The average Bonchev–Trinajstić information content (AvgIpc) is 3.18. The Morgan fingerprint density at radius 1 is 1.29 bits per heavy atom. The smallest absolute Gasteiger partial charge is 0.352 e. The monoisotopic (exact) mass is 347 g/mol. The number of sulfonamides is 1. The number of pyridine rings is 1. The maximum atomic E-state index is 12.2. The summed E-state index contributed by atoms with van der Waals surface area (Å²) in [7, 11) is -3.92. The number of H-pyrrole nitrogens is 1. The van der Waals surface area contributed by atoms with Gasteiger partial charge in [0, 0.05) is 30.9 Å². The number of nitrogens with zero attached hydrogens (tertiary/aromatic N) is 3. The van der Waals surface area contributed by atoms with Gasteiger partial charge >= 0.3 is 5.97 Å². The van der Waals surface area contributed by atoms with Crippen molar-refractivity contribution >= 4 is 21.8 Å². The molecule has 0 spiro atoms. The Morgan fingerprint density at radius 3 is 2.71 bits per heavy atom. The van der Waals surface area contributed by atoms with Crippen LogP contribution in [0.5, 0.6) is 0 Å². The van der Waals surface area contributed by atoms with Crippen molar-refractivity contribution in [1.29, 1.82) is 0 Å². The Morgan fingerprint density at radius 2 is 2.04 bits per heavy atom. The van der Waals surface area contributed by atoms with Gasteiger partial charge in [-0.3, -0.25) is 14.4 Å². The highest BCUT2D eigenvalue weighted by Crippen LogP contribution is 2.16. The lowest BCUT2D eigenvalue weighted by Crippen LogP contribution is -2.13. The van der Waals surface area contributed by atoms with E-state index in [1.54, 1.807) is 23.3 Å². The third-order valence-electron chi connectivity index (χ3n) is 3.17. The first-order valence-electron chi connectivity index (χ1n) is 6.81. The Labute approximate surface area is 137 Å². The lowest BCUT2D eigenvalue weighted by atomic mass is 10.3. The van der Waals surface area contributed by atoms with E-state index in [4.69, 9.17) is 5.11 Å². The molecular formula is C14H13N5O4S. The lowest BCUT2D eigenvalue weighted by Gasteiger charge is -2.03. The predicted molar refractivity (Wildman–Crippen MR) is 84.1 cm³/mol. The van der Waals surface area contributed by atoms with Gasteiger partial charge in [0.1, 0.15) is 10.6 Å². The van der Waals surface area contributed by atoms with Gasteiger partial charge in [0.2, 0.25) is 0 Å². The average molecular weight is 347 g/mol. The predicted octanol–water partition coefficient (Wildman–Crippen LogP) is 1.15. The molecule has 24 heavy (non-hydrogen) atoms. The van der Waals surface area contributed by atoms with E-state index in [1.165, 1.54) is 6.07 Å². The summed E-state index contributed by atoms with van der Waals surface area (Å²) >= 11 is 0. The van der Waals surface area contributed by atoms with Gasteiger partial charge in [0.05, 0.1) is 6.54 Å². The lowest BCUT2D eigenvalue weighted by molar-refractivity contribution is 0.0691. The van der Waals surface area contributed by atoms with Gasteiger partial charge < -0.3 is 10.1 Å². The summed E-state index contributed by atoms with van der Waals surface area (Å²) in [6, 6.07) is 6.22. The molecule has 3 rings (SSSR count). The molecule has 3 heterocycles. The fourth-order valence-electron chi connectivity index (χ4n) is 2.03. The van der Waals surface area contributed by atoms with E-state index in [0.717, 1.165) is 17.8 Å². The van der Waals surface area contributed by atoms with Crippen LogP contribution in [0.1, 0.15) is 16.1 Å². The number of hydrogen-bond acceptors (Lipinski definition) is 5. The molecule has 0 aliphatic rings. The van der Waals surface area contributed by atoms with Crippen molar-refractivity contribution < 1.29 is 18.3 Å². The number of carbonyl (C=O) groups is 1. The van der Waals surface area contributed by atoms with E-state index in [2.05, 4.69) is 19.8 Å². The highest BCUT2D eigenvalue weighted by molar-refractivity contribution is 7.92. The number of aromatic amines is 1. The molecule has 3 aromatic heterocycles. The van der Waals surface area contributed by atoms with Crippen molar-refractivity contribution in [3.8, 4) is 0 Å². The van der Waals surface area contributed by atoms with Crippen LogP contribution in [-0.4, -0.2) is 39.2 Å². The quantitative estimate of drug-likeness (QED) is 0.613. The number of aromatic carboxylic acids is 1. The minimum Gasteiger partial charge on any atom is -0.477 e. The zero-order valence-electron chi connectivity index (χ0n) is 12.2. The molecular weight excluding hydrogens is 334 g/mol. The molecule has 0 amide bonds. The molecule has 3 N–H and O–H groups in total. The number of hydrogen-bond donors (Lipinski definition) is 3. The second-order valence-electron chi connectivity index (χ2n) is 4.91. The minimum atomic E-state index is -3.92. The molecule has 3 aromatic rings. The van der Waals surface area contributed by atoms with Crippen molar-refractivity contribution in [3.05, 3.63) is 60.3 Å². The van der Waals surface area contributed by atoms with Crippen molar-refractivity contribution in [3.63, 3.8) is 0 Å². The van der Waals surface area contributed by atoms with Crippen LogP contribution in [0.2, 0.25) is 0 Å². The molecule has 0 aromatic carbocycles. The fraction of sp³-hybridized carbons (Fsp3) is 0.0714. The molecule has 124 valence electrons. The van der Waals surface area contributed by atoms with Gasteiger partial charge in [-0.1, -0.05) is 0 Å². The third-order valence-corrected chi connectivity index (χ3v) is 4.50. The summed E-state index contributed by atoms with van der Waals surface area (Å²) in [5, 5.41) is 13.0. The van der Waals surface area contributed by atoms with Crippen molar-refractivity contribution in [2.45, 2.75) is 11.4 Å². The number of anilines is 1. The molecule has 0 radical (unpaired) electrons. The standard InChI is InChI=1S/C14H13N5O4S/c20-14(21)12-7-11(8-16-12)24(22,23)18-13-3-6-19(17-13)9-10-1-4-15-5-2-10/h1-8,16H,9H2,(H,17,18)(H,20,21). The number of aromatic nitrogens is 4. The molecule has 0 aliphatic heterocycles. The molecule has 10 heteroatoms. The Kier molecular flexibility index (Phi) is 4.04. The Balaban J connectivity index is 1.74. The summed E-state index contributed by atoms with van der Waals surface area (Å²) in [6.07, 6.45) is 6.07. The van der Waals surface area contributed by atoms with E-state index in [9.17, 15) is 13.2 Å². The number of carboxylic acids is 1. The summed E-state index contributed by atoms with van der Waals surface area (Å²) in [5.74, 6) is -1.10. The van der Waals surface area contributed by atoms with Crippen molar-refractivity contribution in [2.24, 2.45) is 0 Å². The fourth-order valence-corrected chi connectivity index (χ4v) is 3.02. The van der Waals surface area contributed by atoms with Crippen LogP contribution in [0.4, 0.5) is 5.82 Å². The number of rotatable bonds is 6. The normalized spacial score (nSPS) is 11.3. The molecule has 0 atom stereocenters. The maximum Gasteiger partial charge on any atom is 0.352 e. The van der Waals surface area contributed by atoms with Crippen LogP contribution >= 0.6 is 0 Å². The minimum absolute atomic E-state index is 0.141. The Bertz CT molecular complexity index is 962. The molecule has 0 saturated heterocycles. The zero-order valence-corrected chi connectivity index (χ0v) is 13.1. The second kappa shape index (κ2) is 6.16. The van der Waals surface area contributed by atoms with Crippen molar-refractivity contribution in [2.75, 3.05) is 4.72 Å². The van der Waals surface area contributed by atoms with Crippen LogP contribution in [0.15, 0.2) is 53.9 Å². The van der Waals surface area contributed by atoms with E-state index >= 15 is 0 Å². The van der Waals surface area contributed by atoms with Gasteiger partial charge in [-0.25, -0.2) is 13.2 Å². The zero-order chi connectivity index (χ0) is 17.2. The molecule has 0 saturated carbocycles. The summed E-state index contributed by atoms with van der Waals surface area (Å²) in [4.78, 5) is 16.9. The van der Waals surface area contributed by atoms with Crippen LogP contribution in [0.3, 0.4) is 0 Å². The van der Waals surface area contributed by atoms with E-state index < -0.39 is 16.0 Å². The molecule has 0 unspecified atom stereocenters. The largest absolute Gasteiger partial charge is 0.477 e. The first-order valence-corrected chi connectivity index (χ1v) is 8.29. The van der Waals surface area contributed by atoms with Gasteiger partial charge in [-0.15, -0.1) is 0 Å². The van der Waals surface area contributed by atoms with Crippen LogP contribution in [0, 0.1) is 0 Å². The molecule has 0 aliphatic carbocycles. The molecule has 0 fully saturated rings. The number of nitrogens with one attached hydrogen (secondary N) is 2. The molecule has 0 bridgehead atoms. The third kappa shape index (κ3) is 3.43. The second-order valence-corrected chi connectivity index (χ2v) is 6.60. The summed E-state index contributed by atoms with van der Waals surface area (Å²) in [5.41, 5.74) is 0.762. The summed E-state index contributed by atoms with van der Waals surface area (Å²) < 4.78 is 28.3. The molecule has 9 nitrogen and oxygen atoms in total. The van der Waals surface area contributed by atoms with Crippen molar-refractivity contribution in [1.82, 2.24) is 19.7 Å². The topological polar surface area (TPSA) is 130 Å². The van der Waals surface area contributed by atoms with Gasteiger partial charge in [0.15, 0.2) is 5.82 Å². The first kappa shape index (κ1) is 15.7. The highest BCUT2D eigenvalue weighted by atomic mass is 32.2. The first-order chi connectivity index (χ1) is 11.4. The summed E-state index contributed by atoms with van der Waals surface area (Å²) in [6.45, 7) is 0.470. The SMILES string of the molecule is O=C(O)c1cc(S(=O)(=O)Nc2ccn(Cc3ccncc3)n2)c[nH]1. The van der Waals surface area contributed by atoms with Crippen LogP contribution in [0.25, 0.3) is 0 Å². The van der Waals surface area contributed by atoms with Gasteiger partial charge in [-0.05, 0) is 23.8 Å². The highest BCUT2D eigenvalue weighted by Gasteiger charge is 2.19. The van der Waals surface area contributed by atoms with E-state index in [0.29, 0.717) is 6.54 Å². The van der Waals surface area contributed by atoms with Crippen LogP contribution < -0.4 is 4.72 Å². The van der Waals surface area contributed by atoms with E-state index in [1.807, 2.05) is 12.1 Å². The van der Waals surface area contributed by atoms with Crippen LogP contribution in [-0.2, 0) is 16.6 Å².